The highest BCUT2D eigenvalue weighted by molar-refractivity contribution is 7.88. The van der Waals surface area contributed by atoms with Gasteiger partial charge in [0.2, 0.25) is 10.0 Å². The zero-order valence-corrected chi connectivity index (χ0v) is 11.5. The van der Waals surface area contributed by atoms with Crippen molar-refractivity contribution >= 4 is 10.0 Å². The fourth-order valence-corrected chi connectivity index (χ4v) is 4.08. The van der Waals surface area contributed by atoms with Crippen LogP contribution in [0.5, 0.6) is 0 Å². The van der Waals surface area contributed by atoms with Crippen molar-refractivity contribution < 1.29 is 8.42 Å². The molecule has 0 aromatic heterocycles. The molecule has 100 valence electrons. The zero-order chi connectivity index (χ0) is 13.0. The van der Waals surface area contributed by atoms with Crippen LogP contribution in [-0.4, -0.2) is 38.4 Å². The standard InChI is InChI=1S/C13H20N2O2S/c1-12-10-14-8-5-9-15(12)18(16,17)11-13-6-3-2-4-7-13/h2-4,6-7,12,14H,5,8-11H2,1H3. The smallest absolute Gasteiger partial charge is 0.218 e. The minimum absolute atomic E-state index is 0.0289. The largest absolute Gasteiger partial charge is 0.315 e. The molecular weight excluding hydrogens is 248 g/mol. The third kappa shape index (κ3) is 3.31. The monoisotopic (exact) mass is 268 g/mol. The Labute approximate surface area is 109 Å². The first-order valence-corrected chi connectivity index (χ1v) is 7.95. The van der Waals surface area contributed by atoms with Crippen molar-refractivity contribution in [2.24, 2.45) is 0 Å². The minimum Gasteiger partial charge on any atom is -0.315 e. The number of hydrogen-bond acceptors (Lipinski definition) is 3. The summed E-state index contributed by atoms with van der Waals surface area (Å²) in [5, 5.41) is 3.26. The van der Waals surface area contributed by atoms with Gasteiger partial charge in [0.1, 0.15) is 0 Å². The number of sulfonamides is 1. The maximum absolute atomic E-state index is 12.4. The van der Waals surface area contributed by atoms with Gasteiger partial charge in [-0.3, -0.25) is 0 Å². The normalized spacial score (nSPS) is 22.6. The Morgan fingerprint density at radius 1 is 1.33 bits per heavy atom. The summed E-state index contributed by atoms with van der Waals surface area (Å²) in [5.74, 6) is 0.0954. The van der Waals surface area contributed by atoms with Crippen LogP contribution >= 0.6 is 0 Å². The van der Waals surface area contributed by atoms with Crippen molar-refractivity contribution in [3.8, 4) is 0 Å². The molecule has 4 nitrogen and oxygen atoms in total. The lowest BCUT2D eigenvalue weighted by Crippen LogP contribution is -2.42. The van der Waals surface area contributed by atoms with Gasteiger partial charge < -0.3 is 5.32 Å². The van der Waals surface area contributed by atoms with E-state index in [1.54, 1.807) is 4.31 Å². The van der Waals surface area contributed by atoms with Crippen LogP contribution in [0.25, 0.3) is 0 Å². The molecule has 0 radical (unpaired) electrons. The van der Waals surface area contributed by atoms with Crippen LogP contribution < -0.4 is 5.32 Å². The van der Waals surface area contributed by atoms with Crippen LogP contribution in [0, 0.1) is 0 Å². The summed E-state index contributed by atoms with van der Waals surface area (Å²) in [6, 6.07) is 9.39. The van der Waals surface area contributed by atoms with E-state index in [1.807, 2.05) is 37.3 Å². The second-order valence-corrected chi connectivity index (χ2v) is 6.68. The van der Waals surface area contributed by atoms with E-state index in [2.05, 4.69) is 5.32 Å². The number of hydrogen-bond donors (Lipinski definition) is 1. The van der Waals surface area contributed by atoms with E-state index in [0.717, 1.165) is 25.1 Å². The van der Waals surface area contributed by atoms with Gasteiger partial charge in [-0.05, 0) is 25.5 Å². The summed E-state index contributed by atoms with van der Waals surface area (Å²) in [6.07, 6.45) is 0.873. The molecule has 0 amide bonds. The summed E-state index contributed by atoms with van der Waals surface area (Å²) < 4.78 is 26.5. The topological polar surface area (TPSA) is 49.4 Å². The van der Waals surface area contributed by atoms with Gasteiger partial charge in [-0.15, -0.1) is 0 Å². The second-order valence-electron chi connectivity index (χ2n) is 4.76. The van der Waals surface area contributed by atoms with E-state index in [1.165, 1.54) is 0 Å². The molecule has 0 aliphatic carbocycles. The molecule has 18 heavy (non-hydrogen) atoms. The van der Waals surface area contributed by atoms with E-state index in [-0.39, 0.29) is 11.8 Å². The van der Waals surface area contributed by atoms with E-state index >= 15 is 0 Å². The Hall–Kier alpha value is -0.910. The first-order chi connectivity index (χ1) is 8.59. The molecule has 1 atom stereocenters. The maximum Gasteiger partial charge on any atom is 0.218 e. The SMILES string of the molecule is CC1CNCCCN1S(=O)(=O)Cc1ccccc1. The van der Waals surface area contributed by atoms with E-state index in [4.69, 9.17) is 0 Å². The van der Waals surface area contributed by atoms with Crippen LogP contribution in [-0.2, 0) is 15.8 Å². The fraction of sp³-hybridized carbons (Fsp3) is 0.538. The summed E-state index contributed by atoms with van der Waals surface area (Å²) in [4.78, 5) is 0. The molecule has 1 saturated heterocycles. The highest BCUT2D eigenvalue weighted by Gasteiger charge is 2.28. The van der Waals surface area contributed by atoms with Gasteiger partial charge in [0.05, 0.1) is 5.75 Å². The van der Waals surface area contributed by atoms with Crippen LogP contribution in [0.1, 0.15) is 18.9 Å². The van der Waals surface area contributed by atoms with Crippen molar-refractivity contribution in [2.75, 3.05) is 19.6 Å². The van der Waals surface area contributed by atoms with Crippen molar-refractivity contribution in [2.45, 2.75) is 25.1 Å². The van der Waals surface area contributed by atoms with E-state index in [0.29, 0.717) is 6.54 Å². The van der Waals surface area contributed by atoms with Crippen molar-refractivity contribution in [3.05, 3.63) is 35.9 Å². The Bertz CT molecular complexity index is 473. The predicted octanol–water partition coefficient (Wildman–Crippen LogP) is 1.20. The first kappa shape index (κ1) is 13.5. The lowest BCUT2D eigenvalue weighted by atomic mass is 10.2. The van der Waals surface area contributed by atoms with Gasteiger partial charge in [-0.25, -0.2) is 8.42 Å². The molecule has 1 aromatic rings. The molecule has 1 aromatic carbocycles. The Balaban J connectivity index is 2.14. The third-order valence-electron chi connectivity index (χ3n) is 3.21. The highest BCUT2D eigenvalue weighted by atomic mass is 32.2. The number of nitrogens with zero attached hydrogens (tertiary/aromatic N) is 1. The summed E-state index contributed by atoms with van der Waals surface area (Å²) in [7, 11) is -3.22. The first-order valence-electron chi connectivity index (χ1n) is 6.34. The fourth-order valence-electron chi connectivity index (χ4n) is 2.27. The predicted molar refractivity (Wildman–Crippen MR) is 72.7 cm³/mol. The maximum atomic E-state index is 12.4. The van der Waals surface area contributed by atoms with Crippen LogP contribution in [0.15, 0.2) is 30.3 Å². The van der Waals surface area contributed by atoms with Gasteiger partial charge >= 0.3 is 0 Å². The molecule has 1 unspecified atom stereocenters. The molecular formula is C13H20N2O2S. The Kier molecular flexibility index (Phi) is 4.37. The van der Waals surface area contributed by atoms with Crippen molar-refractivity contribution in [1.82, 2.24) is 9.62 Å². The van der Waals surface area contributed by atoms with Gasteiger partial charge in [0.25, 0.3) is 0 Å². The molecule has 0 saturated carbocycles. The zero-order valence-electron chi connectivity index (χ0n) is 10.7. The highest BCUT2D eigenvalue weighted by Crippen LogP contribution is 2.15. The van der Waals surface area contributed by atoms with Gasteiger partial charge in [-0.1, -0.05) is 30.3 Å². The molecule has 2 rings (SSSR count). The van der Waals surface area contributed by atoms with Crippen molar-refractivity contribution in [3.63, 3.8) is 0 Å². The summed E-state index contributed by atoms with van der Waals surface area (Å²) in [6.45, 7) is 4.19. The molecule has 1 aliphatic rings. The average Bonchev–Trinajstić information content (AvgIpc) is 2.55. The van der Waals surface area contributed by atoms with Crippen LogP contribution in [0.2, 0.25) is 0 Å². The van der Waals surface area contributed by atoms with Gasteiger partial charge in [-0.2, -0.15) is 4.31 Å². The molecule has 1 heterocycles. The summed E-state index contributed by atoms with van der Waals surface area (Å²) in [5.41, 5.74) is 0.849. The number of benzene rings is 1. The minimum atomic E-state index is -3.22. The lowest BCUT2D eigenvalue weighted by Gasteiger charge is -2.26. The molecule has 5 heteroatoms. The molecule has 0 bridgehead atoms. The Morgan fingerprint density at radius 2 is 2.06 bits per heavy atom. The quantitative estimate of drug-likeness (QED) is 0.896. The third-order valence-corrected chi connectivity index (χ3v) is 5.17. The van der Waals surface area contributed by atoms with Gasteiger partial charge in [0.15, 0.2) is 0 Å². The molecule has 1 fully saturated rings. The second kappa shape index (κ2) is 5.82. The number of rotatable bonds is 3. The average molecular weight is 268 g/mol. The van der Waals surface area contributed by atoms with Crippen LogP contribution in [0.4, 0.5) is 0 Å². The van der Waals surface area contributed by atoms with Crippen molar-refractivity contribution in [1.29, 1.82) is 0 Å². The van der Waals surface area contributed by atoms with Gasteiger partial charge in [0, 0.05) is 19.1 Å². The molecule has 0 spiro atoms. The van der Waals surface area contributed by atoms with Crippen LogP contribution in [0.3, 0.4) is 0 Å². The lowest BCUT2D eigenvalue weighted by molar-refractivity contribution is 0.353. The molecule has 1 N–H and O–H groups in total. The van der Waals surface area contributed by atoms with E-state index in [9.17, 15) is 8.42 Å². The molecule has 1 aliphatic heterocycles. The van der Waals surface area contributed by atoms with E-state index < -0.39 is 10.0 Å². The number of nitrogens with one attached hydrogen (secondary N) is 1. The Morgan fingerprint density at radius 3 is 2.78 bits per heavy atom. The summed E-state index contributed by atoms with van der Waals surface area (Å²) >= 11 is 0.